The number of nitrogens with zero attached hydrogens (tertiary/aromatic N) is 1. The van der Waals surface area contributed by atoms with Crippen LogP contribution in [0.4, 0.5) is 10.1 Å². The molecule has 0 heterocycles. The minimum atomic E-state index is -4.04. The minimum absolute atomic E-state index is 0.0230. The molecule has 3 rings (SSSR count). The van der Waals surface area contributed by atoms with Crippen LogP contribution in [0.3, 0.4) is 0 Å². The van der Waals surface area contributed by atoms with Crippen LogP contribution in [0.15, 0.2) is 83.8 Å². The lowest BCUT2D eigenvalue weighted by Crippen LogP contribution is -2.46. The summed E-state index contributed by atoms with van der Waals surface area (Å²) in [6.45, 7) is 5.52. The Balaban J connectivity index is 1.69. The number of nitrogens with one attached hydrogen (secondary N) is 1. The van der Waals surface area contributed by atoms with E-state index in [-0.39, 0.29) is 22.1 Å². The number of carbonyl (C=O) groups excluding carboxylic acids is 2. The number of benzene rings is 3. The molecule has 3 aromatic rings. The highest BCUT2D eigenvalue weighted by Gasteiger charge is 2.27. The quantitative estimate of drug-likeness (QED) is 0.458. The van der Waals surface area contributed by atoms with E-state index in [1.165, 1.54) is 30.3 Å². The maximum Gasteiger partial charge on any atom is 0.338 e. The van der Waals surface area contributed by atoms with E-state index in [9.17, 15) is 22.4 Å². The van der Waals surface area contributed by atoms with Crippen LogP contribution in [-0.4, -0.2) is 37.3 Å². The molecule has 0 fully saturated rings. The highest BCUT2D eigenvalue weighted by molar-refractivity contribution is 7.92. The molecule has 7 nitrogen and oxygen atoms in total. The van der Waals surface area contributed by atoms with E-state index >= 15 is 0 Å². The van der Waals surface area contributed by atoms with Gasteiger partial charge < -0.3 is 9.64 Å². The molecule has 9 heteroatoms. The van der Waals surface area contributed by atoms with Crippen molar-refractivity contribution < 1.29 is 27.1 Å². The molecule has 1 N–H and O–H groups in total. The molecule has 0 saturated carbocycles. The van der Waals surface area contributed by atoms with Crippen LogP contribution in [0.5, 0.6) is 0 Å². The number of amides is 1. The number of anilines is 1. The average molecular weight is 499 g/mol. The summed E-state index contributed by atoms with van der Waals surface area (Å²) in [5.41, 5.74) is 0.573. The Morgan fingerprint density at radius 2 is 1.60 bits per heavy atom. The Morgan fingerprint density at radius 3 is 2.23 bits per heavy atom. The van der Waals surface area contributed by atoms with Crippen molar-refractivity contribution in [2.45, 2.75) is 37.8 Å². The number of sulfonamides is 1. The van der Waals surface area contributed by atoms with Crippen molar-refractivity contribution in [3.63, 3.8) is 0 Å². The van der Waals surface area contributed by atoms with Crippen molar-refractivity contribution >= 4 is 27.6 Å². The van der Waals surface area contributed by atoms with E-state index in [2.05, 4.69) is 4.72 Å². The van der Waals surface area contributed by atoms with Crippen molar-refractivity contribution in [2.24, 2.45) is 0 Å². The summed E-state index contributed by atoms with van der Waals surface area (Å²) in [5, 5.41) is 0. The van der Waals surface area contributed by atoms with Crippen molar-refractivity contribution in [1.82, 2.24) is 4.90 Å². The molecule has 0 atom stereocenters. The van der Waals surface area contributed by atoms with Gasteiger partial charge in [0.25, 0.3) is 15.9 Å². The first-order chi connectivity index (χ1) is 16.5. The van der Waals surface area contributed by atoms with Crippen LogP contribution in [0.25, 0.3) is 0 Å². The van der Waals surface area contributed by atoms with E-state index in [4.69, 9.17) is 4.74 Å². The van der Waals surface area contributed by atoms with Crippen LogP contribution in [0.2, 0.25) is 0 Å². The Bertz CT molecular complexity index is 1290. The number of carbonyl (C=O) groups is 2. The summed E-state index contributed by atoms with van der Waals surface area (Å²) in [5.74, 6) is -1.71. The highest BCUT2D eigenvalue weighted by atomic mass is 32.2. The first-order valence-electron chi connectivity index (χ1n) is 10.9. The molecule has 0 saturated heterocycles. The molecule has 0 bridgehead atoms. The normalized spacial score (nSPS) is 11.5. The number of ether oxygens (including phenoxy) is 1. The fraction of sp³-hybridized carbons (Fsp3) is 0.231. The third kappa shape index (κ3) is 7.13. The first kappa shape index (κ1) is 25.9. The lowest BCUT2D eigenvalue weighted by atomic mass is 10.0. The fourth-order valence-electron chi connectivity index (χ4n) is 3.28. The lowest BCUT2D eigenvalue weighted by molar-refractivity contribution is -0.140. The standard InChI is InChI=1S/C26H27FN2O5S/c1-26(2,3)29(17-19-8-5-4-6-9-19)24(30)18-34-25(31)20-10-7-11-23(16-20)35(32,33)28-22-14-12-21(27)13-15-22/h4-16,28H,17-18H2,1-3H3. The average Bonchev–Trinajstić information content (AvgIpc) is 2.82. The molecule has 0 spiro atoms. The van der Waals surface area contributed by atoms with Gasteiger partial charge in [-0.25, -0.2) is 17.6 Å². The van der Waals surface area contributed by atoms with Crippen molar-refractivity contribution in [1.29, 1.82) is 0 Å². The Kier molecular flexibility index (Phi) is 7.91. The van der Waals surface area contributed by atoms with Crippen molar-refractivity contribution in [3.05, 3.63) is 95.8 Å². The summed E-state index contributed by atoms with van der Waals surface area (Å²) in [4.78, 5) is 26.9. The van der Waals surface area contributed by atoms with Crippen LogP contribution in [-0.2, 0) is 26.1 Å². The smallest absolute Gasteiger partial charge is 0.338 e. The highest BCUT2D eigenvalue weighted by Crippen LogP contribution is 2.20. The van der Waals surface area contributed by atoms with Gasteiger partial charge in [0.15, 0.2) is 6.61 Å². The zero-order valence-corrected chi connectivity index (χ0v) is 20.5. The van der Waals surface area contributed by atoms with Gasteiger partial charge in [-0.3, -0.25) is 9.52 Å². The molecule has 0 aliphatic heterocycles. The summed E-state index contributed by atoms with van der Waals surface area (Å²) in [6.07, 6.45) is 0. The predicted octanol–water partition coefficient (Wildman–Crippen LogP) is 4.61. The number of rotatable bonds is 8. The third-order valence-corrected chi connectivity index (χ3v) is 6.48. The van der Waals surface area contributed by atoms with Gasteiger partial charge in [0.2, 0.25) is 0 Å². The molecule has 0 aliphatic carbocycles. The van der Waals surface area contributed by atoms with Crippen molar-refractivity contribution in [2.75, 3.05) is 11.3 Å². The lowest BCUT2D eigenvalue weighted by Gasteiger charge is -2.35. The molecular formula is C26H27FN2O5S. The van der Waals surface area contributed by atoms with E-state index in [1.54, 1.807) is 4.90 Å². The molecular weight excluding hydrogens is 471 g/mol. The van der Waals surface area contributed by atoms with Gasteiger partial charge in [0.05, 0.1) is 10.5 Å². The number of halogens is 1. The van der Waals surface area contributed by atoms with E-state index in [0.717, 1.165) is 23.8 Å². The summed E-state index contributed by atoms with van der Waals surface area (Å²) >= 11 is 0. The Morgan fingerprint density at radius 1 is 0.943 bits per heavy atom. The second-order valence-corrected chi connectivity index (χ2v) is 10.5. The van der Waals surface area contributed by atoms with Crippen LogP contribution in [0.1, 0.15) is 36.7 Å². The van der Waals surface area contributed by atoms with E-state index < -0.39 is 34.0 Å². The van der Waals surface area contributed by atoms with Gasteiger partial charge >= 0.3 is 5.97 Å². The maximum absolute atomic E-state index is 13.1. The van der Waals surface area contributed by atoms with Crippen LogP contribution in [0, 0.1) is 5.82 Å². The minimum Gasteiger partial charge on any atom is -0.452 e. The Hall–Kier alpha value is -3.72. The van der Waals surface area contributed by atoms with Gasteiger partial charge in [0, 0.05) is 17.8 Å². The molecule has 0 unspecified atom stereocenters. The second kappa shape index (κ2) is 10.7. The predicted molar refractivity (Wildman–Crippen MR) is 131 cm³/mol. The number of hydrogen-bond donors (Lipinski definition) is 1. The number of esters is 1. The topological polar surface area (TPSA) is 92.8 Å². The largest absolute Gasteiger partial charge is 0.452 e. The summed E-state index contributed by atoms with van der Waals surface area (Å²) in [6, 6.07) is 19.6. The number of hydrogen-bond acceptors (Lipinski definition) is 5. The third-order valence-electron chi connectivity index (χ3n) is 5.10. The molecule has 0 aromatic heterocycles. The Labute approximate surface area is 204 Å². The van der Waals surface area contributed by atoms with Crippen molar-refractivity contribution in [3.8, 4) is 0 Å². The fourth-order valence-corrected chi connectivity index (χ4v) is 4.38. The first-order valence-corrected chi connectivity index (χ1v) is 12.3. The summed E-state index contributed by atoms with van der Waals surface area (Å²) in [7, 11) is -4.04. The van der Waals surface area contributed by atoms with Gasteiger partial charge in [0.1, 0.15) is 5.82 Å². The van der Waals surface area contributed by atoms with Gasteiger partial charge in [-0.05, 0) is 68.8 Å². The van der Waals surface area contributed by atoms with Crippen LogP contribution < -0.4 is 4.72 Å². The van der Waals surface area contributed by atoms with Crippen LogP contribution >= 0.6 is 0 Å². The molecule has 184 valence electrons. The molecule has 3 aromatic carbocycles. The zero-order valence-electron chi connectivity index (χ0n) is 19.7. The zero-order chi connectivity index (χ0) is 25.6. The molecule has 1 amide bonds. The monoisotopic (exact) mass is 498 g/mol. The summed E-state index contributed by atoms with van der Waals surface area (Å²) < 4.78 is 46.0. The van der Waals surface area contributed by atoms with Gasteiger partial charge in [-0.1, -0.05) is 36.4 Å². The van der Waals surface area contributed by atoms with E-state index in [0.29, 0.717) is 6.54 Å². The molecule has 0 aliphatic rings. The van der Waals surface area contributed by atoms with Gasteiger partial charge in [-0.15, -0.1) is 0 Å². The van der Waals surface area contributed by atoms with E-state index in [1.807, 2.05) is 51.1 Å². The molecule has 35 heavy (non-hydrogen) atoms. The van der Waals surface area contributed by atoms with Gasteiger partial charge in [-0.2, -0.15) is 0 Å². The molecule has 0 radical (unpaired) electrons. The SMILES string of the molecule is CC(C)(C)N(Cc1ccccc1)C(=O)COC(=O)c1cccc(S(=O)(=O)Nc2ccc(F)cc2)c1. The second-order valence-electron chi connectivity index (χ2n) is 8.85. The maximum atomic E-state index is 13.1.